The Kier molecular flexibility index (Phi) is 7.32. The Bertz CT molecular complexity index is 255. The van der Waals surface area contributed by atoms with Crippen LogP contribution in [0.4, 0.5) is 0 Å². The number of aldehydes is 1. The first-order valence-electron chi connectivity index (χ1n) is 5.02. The van der Waals surface area contributed by atoms with E-state index in [0.29, 0.717) is 19.3 Å². The number of rotatable bonds is 9. The zero-order valence-electron chi connectivity index (χ0n) is 8.95. The summed E-state index contributed by atoms with van der Waals surface area (Å²) in [5.74, 6) is -0.381. The van der Waals surface area contributed by atoms with Crippen molar-refractivity contribution in [3.05, 3.63) is 0 Å². The molecule has 0 atom stereocenters. The molecule has 0 rings (SSSR count). The summed E-state index contributed by atoms with van der Waals surface area (Å²) in [5.41, 5.74) is 0. The smallest absolute Gasteiger partial charge is 0.140 e. The highest BCUT2D eigenvalue weighted by molar-refractivity contribution is 5.99. The minimum absolute atomic E-state index is 0.0197. The van der Waals surface area contributed by atoms with Crippen LogP contribution in [0.3, 0.4) is 0 Å². The highest BCUT2D eigenvalue weighted by Gasteiger charge is 2.08. The summed E-state index contributed by atoms with van der Waals surface area (Å²) < 4.78 is 0. The number of hydrogen-bond acceptors (Lipinski definition) is 4. The van der Waals surface area contributed by atoms with Crippen LogP contribution in [0.15, 0.2) is 0 Å². The van der Waals surface area contributed by atoms with E-state index in [1.807, 2.05) is 0 Å². The van der Waals surface area contributed by atoms with Crippen LogP contribution in [0.2, 0.25) is 0 Å². The summed E-state index contributed by atoms with van der Waals surface area (Å²) in [6.07, 6.45) is 2.28. The molecule has 4 heteroatoms. The summed E-state index contributed by atoms with van der Waals surface area (Å²) in [6, 6.07) is 0. The molecule has 0 aromatic rings. The maximum absolute atomic E-state index is 11.2. The average Bonchev–Trinajstić information content (AvgIpc) is 2.14. The fraction of sp³-hybridized carbons (Fsp3) is 0.636. The molecule has 0 spiro atoms. The molecule has 15 heavy (non-hydrogen) atoms. The van der Waals surface area contributed by atoms with Gasteiger partial charge in [-0.3, -0.25) is 14.4 Å². The van der Waals surface area contributed by atoms with Gasteiger partial charge in [-0.05, 0) is 13.3 Å². The van der Waals surface area contributed by atoms with Crippen molar-refractivity contribution in [2.75, 3.05) is 0 Å². The van der Waals surface area contributed by atoms with E-state index < -0.39 is 0 Å². The second-order valence-electron chi connectivity index (χ2n) is 3.52. The number of hydrogen-bond donors (Lipinski definition) is 0. The van der Waals surface area contributed by atoms with Crippen molar-refractivity contribution in [2.24, 2.45) is 0 Å². The van der Waals surface area contributed by atoms with E-state index in [1.54, 1.807) is 0 Å². The van der Waals surface area contributed by atoms with Crippen molar-refractivity contribution in [3.63, 3.8) is 0 Å². The third-order valence-electron chi connectivity index (χ3n) is 1.91. The zero-order chi connectivity index (χ0) is 11.7. The standard InChI is InChI=1S/C11H16O4/c1-9(13)8-11(15)6-5-10(14)4-2-3-7-12/h7H,2-6,8H2,1H3. The number of carbonyl (C=O) groups is 4. The van der Waals surface area contributed by atoms with Crippen LogP contribution in [0.1, 0.15) is 45.4 Å². The molecule has 0 bridgehead atoms. The maximum Gasteiger partial charge on any atom is 0.140 e. The Labute approximate surface area is 89.0 Å². The highest BCUT2D eigenvalue weighted by Crippen LogP contribution is 2.02. The Morgan fingerprint density at radius 2 is 1.60 bits per heavy atom. The van der Waals surface area contributed by atoms with Crippen molar-refractivity contribution in [2.45, 2.75) is 45.4 Å². The van der Waals surface area contributed by atoms with E-state index in [0.717, 1.165) is 6.29 Å². The average molecular weight is 212 g/mol. The Balaban J connectivity index is 3.57. The molecule has 0 N–H and O–H groups in total. The molecule has 0 saturated carbocycles. The van der Waals surface area contributed by atoms with Crippen molar-refractivity contribution in [1.29, 1.82) is 0 Å². The van der Waals surface area contributed by atoms with Crippen LogP contribution in [0, 0.1) is 0 Å². The summed E-state index contributed by atoms with van der Waals surface area (Å²) in [7, 11) is 0. The second kappa shape index (κ2) is 8.03. The first-order chi connectivity index (χ1) is 7.06. The SMILES string of the molecule is CC(=O)CC(=O)CCC(=O)CCCC=O. The van der Waals surface area contributed by atoms with E-state index in [9.17, 15) is 19.2 Å². The molecule has 0 amide bonds. The van der Waals surface area contributed by atoms with E-state index in [2.05, 4.69) is 0 Å². The topological polar surface area (TPSA) is 68.3 Å². The van der Waals surface area contributed by atoms with E-state index in [-0.39, 0.29) is 36.6 Å². The predicted molar refractivity (Wildman–Crippen MR) is 54.5 cm³/mol. The van der Waals surface area contributed by atoms with Gasteiger partial charge in [-0.2, -0.15) is 0 Å². The number of Topliss-reactive ketones (excluding diaryl/α,β-unsaturated/α-hetero) is 3. The normalized spacial score (nSPS) is 9.67. The fourth-order valence-corrected chi connectivity index (χ4v) is 1.15. The van der Waals surface area contributed by atoms with Gasteiger partial charge in [0.05, 0.1) is 6.42 Å². The molecule has 0 unspecified atom stereocenters. The molecule has 0 aliphatic rings. The quantitative estimate of drug-likeness (QED) is 0.328. The summed E-state index contributed by atoms with van der Waals surface area (Å²) in [4.78, 5) is 42.7. The lowest BCUT2D eigenvalue weighted by Crippen LogP contribution is -2.07. The molecular formula is C11H16O4. The van der Waals surface area contributed by atoms with Crippen molar-refractivity contribution in [1.82, 2.24) is 0 Å². The molecule has 4 nitrogen and oxygen atoms in total. The van der Waals surface area contributed by atoms with Gasteiger partial charge in [0, 0.05) is 25.7 Å². The third-order valence-corrected chi connectivity index (χ3v) is 1.91. The summed E-state index contributed by atoms with van der Waals surface area (Å²) in [5, 5.41) is 0. The molecule has 0 aromatic heterocycles. The molecule has 0 aliphatic heterocycles. The van der Waals surface area contributed by atoms with Gasteiger partial charge in [0.15, 0.2) is 0 Å². The monoisotopic (exact) mass is 212 g/mol. The van der Waals surface area contributed by atoms with E-state index >= 15 is 0 Å². The van der Waals surface area contributed by atoms with Gasteiger partial charge < -0.3 is 4.79 Å². The van der Waals surface area contributed by atoms with Crippen LogP contribution < -0.4 is 0 Å². The first-order valence-corrected chi connectivity index (χ1v) is 5.02. The lowest BCUT2D eigenvalue weighted by atomic mass is 10.1. The Morgan fingerprint density at radius 3 is 2.13 bits per heavy atom. The maximum atomic E-state index is 11.2. The Morgan fingerprint density at radius 1 is 1.00 bits per heavy atom. The van der Waals surface area contributed by atoms with E-state index in [1.165, 1.54) is 6.92 Å². The number of unbranched alkanes of at least 4 members (excludes halogenated alkanes) is 1. The van der Waals surface area contributed by atoms with Gasteiger partial charge >= 0.3 is 0 Å². The molecule has 0 aromatic carbocycles. The fourth-order valence-electron chi connectivity index (χ4n) is 1.15. The van der Waals surface area contributed by atoms with Gasteiger partial charge in [-0.25, -0.2) is 0 Å². The predicted octanol–water partition coefficient (Wildman–Crippen LogP) is 1.25. The zero-order valence-corrected chi connectivity index (χ0v) is 8.95. The summed E-state index contributed by atoms with van der Waals surface area (Å²) >= 11 is 0. The largest absolute Gasteiger partial charge is 0.303 e. The number of carbonyl (C=O) groups excluding carboxylic acids is 4. The lowest BCUT2D eigenvalue weighted by molar-refractivity contribution is -0.128. The number of ketones is 3. The van der Waals surface area contributed by atoms with Gasteiger partial charge in [0.1, 0.15) is 23.6 Å². The molecule has 84 valence electrons. The van der Waals surface area contributed by atoms with Crippen LogP contribution in [0.25, 0.3) is 0 Å². The minimum Gasteiger partial charge on any atom is -0.303 e. The van der Waals surface area contributed by atoms with Crippen molar-refractivity contribution in [3.8, 4) is 0 Å². The van der Waals surface area contributed by atoms with E-state index in [4.69, 9.17) is 0 Å². The third kappa shape index (κ3) is 9.00. The van der Waals surface area contributed by atoms with Crippen LogP contribution in [-0.2, 0) is 19.2 Å². The minimum atomic E-state index is -0.189. The van der Waals surface area contributed by atoms with Gasteiger partial charge in [-0.1, -0.05) is 0 Å². The molecule has 0 aliphatic carbocycles. The van der Waals surface area contributed by atoms with Gasteiger partial charge in [-0.15, -0.1) is 0 Å². The lowest BCUT2D eigenvalue weighted by Gasteiger charge is -1.98. The van der Waals surface area contributed by atoms with Crippen LogP contribution >= 0.6 is 0 Å². The molecule has 0 radical (unpaired) electrons. The Hall–Kier alpha value is -1.32. The van der Waals surface area contributed by atoms with Crippen molar-refractivity contribution < 1.29 is 19.2 Å². The molecule has 0 heterocycles. The molecular weight excluding hydrogens is 196 g/mol. The highest BCUT2D eigenvalue weighted by atomic mass is 16.1. The first kappa shape index (κ1) is 13.7. The summed E-state index contributed by atoms with van der Waals surface area (Å²) in [6.45, 7) is 1.35. The van der Waals surface area contributed by atoms with Gasteiger partial charge in [0.25, 0.3) is 0 Å². The van der Waals surface area contributed by atoms with Crippen molar-refractivity contribution >= 4 is 23.6 Å². The second-order valence-corrected chi connectivity index (χ2v) is 3.52. The molecule has 0 saturated heterocycles. The molecule has 0 fully saturated rings. The van der Waals surface area contributed by atoms with Crippen LogP contribution in [0.5, 0.6) is 0 Å². The van der Waals surface area contributed by atoms with Crippen LogP contribution in [-0.4, -0.2) is 23.6 Å². The van der Waals surface area contributed by atoms with Gasteiger partial charge in [0.2, 0.25) is 0 Å².